The van der Waals surface area contributed by atoms with E-state index in [1.807, 2.05) is 31.2 Å². The summed E-state index contributed by atoms with van der Waals surface area (Å²) in [6.07, 6.45) is 0. The second kappa shape index (κ2) is 6.38. The van der Waals surface area contributed by atoms with Gasteiger partial charge in [0, 0.05) is 17.6 Å². The molecule has 2 rings (SSSR count). The van der Waals surface area contributed by atoms with E-state index in [0.29, 0.717) is 11.6 Å². The minimum atomic E-state index is -0.397. The summed E-state index contributed by atoms with van der Waals surface area (Å²) in [7, 11) is 0. The van der Waals surface area contributed by atoms with Crippen molar-refractivity contribution in [3.63, 3.8) is 0 Å². The standard InChI is InChI=1S/C15H14Cl2FN/c1-10(12-6-2-3-7-13(12)16)19-9-11-5-4-8-14(18)15(11)17/h2-8,10,19H,9H2,1H3/t10-/m0/s1. The van der Waals surface area contributed by atoms with Crippen LogP contribution in [0.15, 0.2) is 42.5 Å². The maximum absolute atomic E-state index is 13.3. The van der Waals surface area contributed by atoms with Crippen LogP contribution in [0.2, 0.25) is 10.0 Å². The molecule has 0 bridgehead atoms. The zero-order valence-electron chi connectivity index (χ0n) is 10.5. The van der Waals surface area contributed by atoms with E-state index >= 15 is 0 Å². The van der Waals surface area contributed by atoms with E-state index in [2.05, 4.69) is 5.32 Å². The summed E-state index contributed by atoms with van der Waals surface area (Å²) >= 11 is 12.0. The number of hydrogen-bond donors (Lipinski definition) is 1. The van der Waals surface area contributed by atoms with Gasteiger partial charge in [-0.2, -0.15) is 0 Å². The number of halogens is 3. The predicted octanol–water partition coefficient (Wildman–Crippen LogP) is 4.98. The van der Waals surface area contributed by atoms with Gasteiger partial charge in [0.05, 0.1) is 5.02 Å². The van der Waals surface area contributed by atoms with Crippen molar-refractivity contribution in [3.05, 3.63) is 69.5 Å². The van der Waals surface area contributed by atoms with Crippen LogP contribution in [0.3, 0.4) is 0 Å². The predicted molar refractivity (Wildman–Crippen MR) is 78.1 cm³/mol. The largest absolute Gasteiger partial charge is 0.306 e. The highest BCUT2D eigenvalue weighted by Crippen LogP contribution is 2.24. The third kappa shape index (κ3) is 3.47. The molecule has 0 heterocycles. The van der Waals surface area contributed by atoms with E-state index in [4.69, 9.17) is 23.2 Å². The average molecular weight is 298 g/mol. The Morgan fingerprint density at radius 3 is 2.58 bits per heavy atom. The van der Waals surface area contributed by atoms with Crippen LogP contribution in [0.5, 0.6) is 0 Å². The van der Waals surface area contributed by atoms with Crippen molar-refractivity contribution < 1.29 is 4.39 Å². The van der Waals surface area contributed by atoms with Gasteiger partial charge < -0.3 is 5.32 Å². The van der Waals surface area contributed by atoms with Crippen molar-refractivity contribution in [2.45, 2.75) is 19.5 Å². The summed E-state index contributed by atoms with van der Waals surface area (Å²) in [5, 5.41) is 4.17. The number of hydrogen-bond acceptors (Lipinski definition) is 1. The van der Waals surface area contributed by atoms with Gasteiger partial charge >= 0.3 is 0 Å². The van der Waals surface area contributed by atoms with Crippen LogP contribution in [0, 0.1) is 5.82 Å². The van der Waals surface area contributed by atoms with Crippen molar-refractivity contribution in [2.24, 2.45) is 0 Å². The van der Waals surface area contributed by atoms with E-state index in [1.165, 1.54) is 6.07 Å². The third-order valence-corrected chi connectivity index (χ3v) is 3.77. The molecule has 2 aromatic carbocycles. The highest BCUT2D eigenvalue weighted by atomic mass is 35.5. The number of benzene rings is 2. The van der Waals surface area contributed by atoms with Gasteiger partial charge in [0.25, 0.3) is 0 Å². The lowest BCUT2D eigenvalue weighted by Crippen LogP contribution is -2.18. The van der Waals surface area contributed by atoms with E-state index < -0.39 is 5.82 Å². The molecule has 0 aliphatic rings. The van der Waals surface area contributed by atoms with E-state index in [-0.39, 0.29) is 11.1 Å². The highest BCUT2D eigenvalue weighted by Gasteiger charge is 2.10. The Bertz CT molecular complexity index is 572. The first kappa shape index (κ1) is 14.3. The molecule has 0 aliphatic carbocycles. The Hall–Kier alpha value is -1.09. The monoisotopic (exact) mass is 297 g/mol. The van der Waals surface area contributed by atoms with Gasteiger partial charge in [0.1, 0.15) is 5.82 Å². The molecule has 1 N–H and O–H groups in total. The molecule has 0 aliphatic heterocycles. The topological polar surface area (TPSA) is 12.0 Å². The Morgan fingerprint density at radius 2 is 1.84 bits per heavy atom. The SMILES string of the molecule is C[C@H](NCc1cccc(F)c1Cl)c1ccccc1Cl. The van der Waals surface area contributed by atoms with Gasteiger partial charge in [-0.25, -0.2) is 4.39 Å². The number of nitrogens with one attached hydrogen (secondary N) is 1. The Labute approximate surface area is 122 Å². The van der Waals surface area contributed by atoms with Gasteiger partial charge in [-0.3, -0.25) is 0 Å². The van der Waals surface area contributed by atoms with Crippen molar-refractivity contribution in [3.8, 4) is 0 Å². The Balaban J connectivity index is 2.07. The molecule has 0 unspecified atom stereocenters. The first-order chi connectivity index (χ1) is 9.09. The first-order valence-corrected chi connectivity index (χ1v) is 6.76. The van der Waals surface area contributed by atoms with Gasteiger partial charge in [-0.1, -0.05) is 53.5 Å². The zero-order chi connectivity index (χ0) is 13.8. The molecule has 19 heavy (non-hydrogen) atoms. The summed E-state index contributed by atoms with van der Waals surface area (Å²) in [5.74, 6) is -0.397. The summed E-state index contributed by atoms with van der Waals surface area (Å²) < 4.78 is 13.3. The molecular formula is C15H14Cl2FN. The van der Waals surface area contributed by atoms with Crippen LogP contribution in [0.4, 0.5) is 4.39 Å². The van der Waals surface area contributed by atoms with Crippen LogP contribution in [-0.4, -0.2) is 0 Å². The molecule has 0 radical (unpaired) electrons. The van der Waals surface area contributed by atoms with Crippen LogP contribution in [0.1, 0.15) is 24.1 Å². The van der Waals surface area contributed by atoms with Crippen molar-refractivity contribution in [2.75, 3.05) is 0 Å². The molecule has 0 saturated heterocycles. The fourth-order valence-corrected chi connectivity index (χ4v) is 2.38. The number of rotatable bonds is 4. The first-order valence-electron chi connectivity index (χ1n) is 6.00. The summed E-state index contributed by atoms with van der Waals surface area (Å²) in [5.41, 5.74) is 1.75. The molecule has 100 valence electrons. The van der Waals surface area contributed by atoms with Gasteiger partial charge in [-0.15, -0.1) is 0 Å². The molecular weight excluding hydrogens is 284 g/mol. The smallest absolute Gasteiger partial charge is 0.142 e. The fraction of sp³-hybridized carbons (Fsp3) is 0.200. The van der Waals surface area contributed by atoms with Crippen LogP contribution in [-0.2, 0) is 6.54 Å². The lowest BCUT2D eigenvalue weighted by molar-refractivity contribution is 0.569. The molecule has 1 nitrogen and oxygen atoms in total. The molecule has 2 aromatic rings. The molecule has 0 aromatic heterocycles. The molecule has 0 saturated carbocycles. The average Bonchev–Trinajstić information content (AvgIpc) is 2.40. The fourth-order valence-electron chi connectivity index (χ4n) is 1.88. The van der Waals surface area contributed by atoms with Crippen molar-refractivity contribution >= 4 is 23.2 Å². The lowest BCUT2D eigenvalue weighted by Gasteiger charge is -2.16. The van der Waals surface area contributed by atoms with E-state index in [0.717, 1.165) is 11.1 Å². The van der Waals surface area contributed by atoms with Gasteiger partial charge in [0.2, 0.25) is 0 Å². The summed E-state index contributed by atoms with van der Waals surface area (Å²) in [4.78, 5) is 0. The zero-order valence-corrected chi connectivity index (χ0v) is 12.0. The molecule has 0 fully saturated rings. The van der Waals surface area contributed by atoms with Crippen LogP contribution < -0.4 is 5.32 Å². The van der Waals surface area contributed by atoms with Gasteiger partial charge in [-0.05, 0) is 30.2 Å². The molecule has 0 spiro atoms. The quantitative estimate of drug-likeness (QED) is 0.839. The highest BCUT2D eigenvalue weighted by molar-refractivity contribution is 6.31. The molecule has 4 heteroatoms. The van der Waals surface area contributed by atoms with Crippen LogP contribution >= 0.6 is 23.2 Å². The lowest BCUT2D eigenvalue weighted by atomic mass is 10.1. The maximum Gasteiger partial charge on any atom is 0.142 e. The van der Waals surface area contributed by atoms with Crippen molar-refractivity contribution in [1.82, 2.24) is 5.32 Å². The molecule has 1 atom stereocenters. The van der Waals surface area contributed by atoms with Crippen molar-refractivity contribution in [1.29, 1.82) is 0 Å². The second-order valence-corrected chi connectivity index (χ2v) is 5.12. The van der Waals surface area contributed by atoms with Gasteiger partial charge in [0.15, 0.2) is 0 Å². The van der Waals surface area contributed by atoms with Crippen LogP contribution in [0.25, 0.3) is 0 Å². The van der Waals surface area contributed by atoms with E-state index in [9.17, 15) is 4.39 Å². The summed E-state index contributed by atoms with van der Waals surface area (Å²) in [6.45, 7) is 2.50. The summed E-state index contributed by atoms with van der Waals surface area (Å²) in [6, 6.07) is 12.5. The Kier molecular flexibility index (Phi) is 4.81. The second-order valence-electron chi connectivity index (χ2n) is 4.34. The molecule has 0 amide bonds. The Morgan fingerprint density at radius 1 is 1.11 bits per heavy atom. The normalized spacial score (nSPS) is 12.4. The maximum atomic E-state index is 13.3. The van der Waals surface area contributed by atoms with E-state index in [1.54, 1.807) is 12.1 Å². The minimum absolute atomic E-state index is 0.0630. The third-order valence-electron chi connectivity index (χ3n) is 3.00. The minimum Gasteiger partial charge on any atom is -0.306 e.